The number of rotatable bonds is 4. The maximum Gasteiger partial charge on any atom is 0.331 e. The van der Waals surface area contributed by atoms with Gasteiger partial charge >= 0.3 is 5.97 Å². The lowest BCUT2D eigenvalue weighted by Crippen LogP contribution is -2.52. The van der Waals surface area contributed by atoms with Crippen molar-refractivity contribution in [3.8, 4) is 11.3 Å². The van der Waals surface area contributed by atoms with Gasteiger partial charge in [-0.2, -0.15) is 0 Å². The van der Waals surface area contributed by atoms with Gasteiger partial charge in [0.05, 0.1) is 31.7 Å². The van der Waals surface area contributed by atoms with Crippen LogP contribution >= 0.6 is 0 Å². The Morgan fingerprint density at radius 3 is 3.04 bits per heavy atom. The highest BCUT2D eigenvalue weighted by atomic mass is 19.1. The first-order valence-electron chi connectivity index (χ1n) is 8.22. The maximum absolute atomic E-state index is 14.1. The fourth-order valence-electron chi connectivity index (χ4n) is 2.78. The van der Waals surface area contributed by atoms with Crippen LogP contribution in [0.15, 0.2) is 29.3 Å². The average molecular weight is 362 g/mol. The Morgan fingerprint density at radius 2 is 2.31 bits per heavy atom. The molecular weight excluding hydrogens is 343 g/mol. The molecule has 0 spiro atoms. The fourth-order valence-corrected chi connectivity index (χ4v) is 2.78. The molecule has 1 saturated heterocycles. The van der Waals surface area contributed by atoms with Crippen LogP contribution in [-0.2, 0) is 21.3 Å². The molecular formula is C17H19FN4O4. The highest BCUT2D eigenvalue weighted by Crippen LogP contribution is 2.23. The molecule has 3 heterocycles. The van der Waals surface area contributed by atoms with E-state index in [9.17, 15) is 14.0 Å². The van der Waals surface area contributed by atoms with Crippen LogP contribution < -0.4 is 10.5 Å². The Morgan fingerprint density at radius 1 is 1.50 bits per heavy atom. The number of morpholine rings is 1. The quantitative estimate of drug-likeness (QED) is 0.742. The number of hydrogen-bond acceptors (Lipinski definition) is 7. The van der Waals surface area contributed by atoms with Crippen molar-refractivity contribution in [3.05, 3.63) is 40.7 Å². The van der Waals surface area contributed by atoms with Gasteiger partial charge in [0.15, 0.2) is 11.9 Å². The highest BCUT2D eigenvalue weighted by Gasteiger charge is 2.33. The fraction of sp³-hybridized carbons (Fsp3) is 0.412. The first kappa shape index (κ1) is 18.0. The van der Waals surface area contributed by atoms with Gasteiger partial charge in [-0.25, -0.2) is 14.2 Å². The molecule has 1 aliphatic rings. The summed E-state index contributed by atoms with van der Waals surface area (Å²) in [4.78, 5) is 34.5. The van der Waals surface area contributed by atoms with E-state index in [4.69, 9.17) is 9.47 Å². The second-order valence-corrected chi connectivity index (χ2v) is 5.73. The third-order valence-corrected chi connectivity index (χ3v) is 4.10. The van der Waals surface area contributed by atoms with Crippen LogP contribution in [0.4, 0.5) is 10.3 Å². The molecule has 1 unspecified atom stereocenters. The molecule has 0 saturated carbocycles. The number of aromatic nitrogens is 3. The van der Waals surface area contributed by atoms with Crippen molar-refractivity contribution in [3.63, 3.8) is 0 Å². The van der Waals surface area contributed by atoms with Crippen molar-refractivity contribution in [2.75, 3.05) is 31.3 Å². The van der Waals surface area contributed by atoms with Gasteiger partial charge in [0.1, 0.15) is 0 Å². The summed E-state index contributed by atoms with van der Waals surface area (Å²) < 4.78 is 25.9. The summed E-state index contributed by atoms with van der Waals surface area (Å²) in [6, 6.07) is 1.98. The Bertz CT molecular complexity index is 870. The molecule has 2 aromatic rings. The van der Waals surface area contributed by atoms with E-state index in [1.165, 1.54) is 22.9 Å². The summed E-state index contributed by atoms with van der Waals surface area (Å²) in [5.74, 6) is -0.782. The largest absolute Gasteiger partial charge is 0.464 e. The zero-order chi connectivity index (χ0) is 18.7. The van der Waals surface area contributed by atoms with Gasteiger partial charge in [-0.15, -0.1) is 0 Å². The molecule has 0 aliphatic carbocycles. The van der Waals surface area contributed by atoms with E-state index in [2.05, 4.69) is 9.97 Å². The number of nitrogens with zero attached hydrogens (tertiary/aromatic N) is 4. The summed E-state index contributed by atoms with van der Waals surface area (Å²) in [5.41, 5.74) is -0.0210. The van der Waals surface area contributed by atoms with Crippen molar-refractivity contribution in [1.82, 2.24) is 14.5 Å². The Hall–Kier alpha value is -2.81. The summed E-state index contributed by atoms with van der Waals surface area (Å²) in [6.07, 6.45) is 2.48. The number of esters is 1. The van der Waals surface area contributed by atoms with Gasteiger partial charge < -0.3 is 14.4 Å². The molecule has 8 nitrogen and oxygen atoms in total. The average Bonchev–Trinajstić information content (AvgIpc) is 2.64. The summed E-state index contributed by atoms with van der Waals surface area (Å²) >= 11 is 0. The van der Waals surface area contributed by atoms with Crippen LogP contribution in [0.1, 0.15) is 6.92 Å². The number of pyridine rings is 1. The Labute approximate surface area is 149 Å². The number of carbonyl (C=O) groups excluding carboxylic acids is 1. The summed E-state index contributed by atoms with van der Waals surface area (Å²) in [7, 11) is 1.55. The van der Waals surface area contributed by atoms with E-state index >= 15 is 0 Å². The zero-order valence-corrected chi connectivity index (χ0v) is 14.5. The van der Waals surface area contributed by atoms with Crippen LogP contribution in [0.3, 0.4) is 0 Å². The molecule has 9 heteroatoms. The SMILES string of the molecule is CCOC(=O)C1COCCN1c1nc(-c2ccncc2F)cc(=O)n1C. The second-order valence-electron chi connectivity index (χ2n) is 5.73. The molecule has 1 fully saturated rings. The van der Waals surface area contributed by atoms with Crippen LogP contribution in [0.25, 0.3) is 11.3 Å². The first-order chi connectivity index (χ1) is 12.5. The third kappa shape index (κ3) is 3.43. The van der Waals surface area contributed by atoms with Crippen molar-refractivity contribution in [2.45, 2.75) is 13.0 Å². The molecule has 0 aromatic carbocycles. The van der Waals surface area contributed by atoms with Crippen LogP contribution in [0.5, 0.6) is 0 Å². The van der Waals surface area contributed by atoms with E-state index in [0.29, 0.717) is 13.2 Å². The van der Waals surface area contributed by atoms with Gasteiger partial charge in [-0.1, -0.05) is 0 Å². The van der Waals surface area contributed by atoms with Crippen molar-refractivity contribution >= 4 is 11.9 Å². The molecule has 1 atom stereocenters. The van der Waals surface area contributed by atoms with E-state index < -0.39 is 17.8 Å². The predicted octanol–water partition coefficient (Wildman–Crippen LogP) is 0.750. The highest BCUT2D eigenvalue weighted by molar-refractivity contribution is 5.80. The molecule has 138 valence electrons. The van der Waals surface area contributed by atoms with E-state index in [1.807, 2.05) is 0 Å². The molecule has 1 aliphatic heterocycles. The molecule has 0 bridgehead atoms. The number of carbonyl (C=O) groups is 1. The minimum absolute atomic E-state index is 0.128. The Kier molecular flexibility index (Phi) is 5.27. The van der Waals surface area contributed by atoms with Crippen LogP contribution in [0, 0.1) is 5.82 Å². The van der Waals surface area contributed by atoms with Crippen LogP contribution in [-0.4, -0.2) is 52.9 Å². The number of anilines is 1. The van der Waals surface area contributed by atoms with Gasteiger partial charge in [0.25, 0.3) is 5.56 Å². The van der Waals surface area contributed by atoms with Gasteiger partial charge in [0.2, 0.25) is 5.95 Å². The van der Waals surface area contributed by atoms with Crippen LogP contribution in [0.2, 0.25) is 0 Å². The van der Waals surface area contributed by atoms with Gasteiger partial charge in [-0.3, -0.25) is 14.3 Å². The molecule has 0 radical (unpaired) electrons. The molecule has 0 N–H and O–H groups in total. The molecule has 0 amide bonds. The predicted molar refractivity (Wildman–Crippen MR) is 91.3 cm³/mol. The minimum atomic E-state index is -0.723. The van der Waals surface area contributed by atoms with Crippen molar-refractivity contribution < 1.29 is 18.7 Å². The summed E-state index contributed by atoms with van der Waals surface area (Å²) in [5, 5.41) is 0. The first-order valence-corrected chi connectivity index (χ1v) is 8.22. The minimum Gasteiger partial charge on any atom is -0.464 e. The standard InChI is InChI=1S/C17H19FN4O4/c1-3-26-16(24)14-10-25-7-6-22(14)17-20-13(8-15(23)21(17)2)11-4-5-19-9-12(11)18/h4-5,8-9,14H,3,6-7,10H2,1-2H3. The third-order valence-electron chi connectivity index (χ3n) is 4.10. The maximum atomic E-state index is 14.1. The van der Waals surface area contributed by atoms with Gasteiger partial charge in [0, 0.05) is 31.4 Å². The molecule has 2 aromatic heterocycles. The Balaban J connectivity index is 2.07. The number of halogens is 1. The lowest BCUT2D eigenvalue weighted by molar-refractivity contribution is -0.147. The normalized spacial score (nSPS) is 17.2. The van der Waals surface area contributed by atoms with Gasteiger partial charge in [-0.05, 0) is 13.0 Å². The lowest BCUT2D eigenvalue weighted by atomic mass is 10.2. The topological polar surface area (TPSA) is 86.6 Å². The zero-order valence-electron chi connectivity index (χ0n) is 14.5. The molecule has 26 heavy (non-hydrogen) atoms. The van der Waals surface area contributed by atoms with E-state index in [1.54, 1.807) is 18.9 Å². The lowest BCUT2D eigenvalue weighted by Gasteiger charge is -2.35. The molecule has 3 rings (SSSR count). The van der Waals surface area contributed by atoms with Crippen molar-refractivity contribution in [2.24, 2.45) is 7.05 Å². The number of hydrogen-bond donors (Lipinski definition) is 0. The second kappa shape index (κ2) is 7.61. The van der Waals surface area contributed by atoms with Crippen molar-refractivity contribution in [1.29, 1.82) is 0 Å². The van der Waals surface area contributed by atoms with E-state index in [-0.39, 0.29) is 36.0 Å². The summed E-state index contributed by atoms with van der Waals surface area (Å²) in [6.45, 7) is 2.80. The monoisotopic (exact) mass is 362 g/mol. The smallest absolute Gasteiger partial charge is 0.331 e. The van der Waals surface area contributed by atoms with E-state index in [0.717, 1.165) is 6.20 Å². The number of ether oxygens (including phenoxy) is 2.